The highest BCUT2D eigenvalue weighted by Crippen LogP contribution is 2.37. The molecule has 1 aliphatic carbocycles. The van der Waals surface area contributed by atoms with Gasteiger partial charge in [-0.15, -0.1) is 0 Å². The normalized spacial score (nSPS) is 17.0. The first kappa shape index (κ1) is 13.3. The number of hydrogen-bond acceptors (Lipinski definition) is 2. The molecule has 2 N–H and O–H groups in total. The predicted octanol–water partition coefficient (Wildman–Crippen LogP) is 3.75. The highest BCUT2D eigenvalue weighted by Gasteiger charge is 2.21. The van der Waals surface area contributed by atoms with Crippen molar-refractivity contribution in [2.45, 2.75) is 38.6 Å². The van der Waals surface area contributed by atoms with Gasteiger partial charge in [-0.3, -0.25) is 4.98 Å². The van der Waals surface area contributed by atoms with Crippen LogP contribution in [0.4, 0.5) is 0 Å². The summed E-state index contributed by atoms with van der Waals surface area (Å²) >= 11 is 0. The van der Waals surface area contributed by atoms with Gasteiger partial charge in [-0.25, -0.2) is 0 Å². The van der Waals surface area contributed by atoms with Crippen LogP contribution in [0.15, 0.2) is 30.5 Å². The van der Waals surface area contributed by atoms with E-state index in [1.807, 2.05) is 6.20 Å². The number of pyridine rings is 1. The molecule has 0 bridgehead atoms. The van der Waals surface area contributed by atoms with Crippen LogP contribution in [0.2, 0.25) is 0 Å². The van der Waals surface area contributed by atoms with E-state index >= 15 is 0 Å². The Morgan fingerprint density at radius 3 is 2.91 bits per heavy atom. The molecule has 23 heavy (non-hydrogen) atoms. The molecule has 2 aliphatic rings. The van der Waals surface area contributed by atoms with Crippen LogP contribution in [-0.4, -0.2) is 16.5 Å². The molecule has 116 valence electrons. The number of rotatable bonds is 1. The smallest absolute Gasteiger partial charge is 0.0801 e. The van der Waals surface area contributed by atoms with Crippen molar-refractivity contribution in [1.82, 2.24) is 15.3 Å². The van der Waals surface area contributed by atoms with Gasteiger partial charge < -0.3 is 10.3 Å². The molecule has 1 aliphatic heterocycles. The minimum absolute atomic E-state index is 0.977. The molecule has 0 fully saturated rings. The van der Waals surface area contributed by atoms with Crippen LogP contribution in [-0.2, 0) is 25.8 Å². The molecule has 1 aromatic carbocycles. The quantitative estimate of drug-likeness (QED) is 0.719. The molecule has 0 saturated heterocycles. The number of hydrogen-bond donors (Lipinski definition) is 2. The maximum atomic E-state index is 4.83. The second-order valence-electron chi connectivity index (χ2n) is 6.74. The van der Waals surface area contributed by atoms with Crippen LogP contribution >= 0.6 is 0 Å². The SMILES string of the molecule is c1cc2c(c(-c3nccc4[nH]c5c(c34)CCCC5)c1)CCNC2. The summed E-state index contributed by atoms with van der Waals surface area (Å²) in [5.41, 5.74) is 9.64. The number of aromatic amines is 1. The summed E-state index contributed by atoms with van der Waals surface area (Å²) in [5.74, 6) is 0. The van der Waals surface area contributed by atoms with Crippen molar-refractivity contribution in [3.8, 4) is 11.3 Å². The van der Waals surface area contributed by atoms with Gasteiger partial charge in [-0.05, 0) is 61.4 Å². The molecule has 2 aromatic heterocycles. The summed E-state index contributed by atoms with van der Waals surface area (Å²) in [6, 6.07) is 8.82. The van der Waals surface area contributed by atoms with Gasteiger partial charge in [0.05, 0.1) is 5.69 Å². The summed E-state index contributed by atoms with van der Waals surface area (Å²) in [4.78, 5) is 8.48. The maximum Gasteiger partial charge on any atom is 0.0801 e. The Hall–Kier alpha value is -2.13. The Kier molecular flexibility index (Phi) is 3.01. The summed E-state index contributed by atoms with van der Waals surface area (Å²) in [6.07, 6.45) is 8.02. The number of nitrogens with zero attached hydrogens (tertiary/aromatic N) is 1. The second kappa shape index (κ2) is 5.20. The minimum Gasteiger partial charge on any atom is -0.358 e. The van der Waals surface area contributed by atoms with Crippen LogP contribution in [0, 0.1) is 0 Å². The number of nitrogens with one attached hydrogen (secondary N) is 2. The zero-order valence-electron chi connectivity index (χ0n) is 13.3. The first-order valence-corrected chi connectivity index (χ1v) is 8.72. The van der Waals surface area contributed by atoms with Crippen molar-refractivity contribution in [3.63, 3.8) is 0 Å². The molecule has 3 heteroatoms. The third-order valence-corrected chi connectivity index (χ3v) is 5.40. The van der Waals surface area contributed by atoms with Crippen LogP contribution in [0.25, 0.3) is 22.2 Å². The first-order valence-electron chi connectivity index (χ1n) is 8.72. The average molecular weight is 303 g/mol. The van der Waals surface area contributed by atoms with E-state index in [0.29, 0.717) is 0 Å². The molecule has 3 nitrogen and oxygen atoms in total. The fourth-order valence-electron chi connectivity index (χ4n) is 4.31. The molecule has 0 spiro atoms. The third-order valence-electron chi connectivity index (χ3n) is 5.40. The number of benzene rings is 1. The van der Waals surface area contributed by atoms with Crippen molar-refractivity contribution in [2.24, 2.45) is 0 Å². The van der Waals surface area contributed by atoms with Crippen LogP contribution in [0.5, 0.6) is 0 Å². The van der Waals surface area contributed by atoms with E-state index in [-0.39, 0.29) is 0 Å². The van der Waals surface area contributed by atoms with Crippen molar-refractivity contribution < 1.29 is 0 Å². The van der Waals surface area contributed by atoms with Gasteiger partial charge >= 0.3 is 0 Å². The monoisotopic (exact) mass is 303 g/mol. The lowest BCUT2D eigenvalue weighted by atomic mass is 9.90. The Morgan fingerprint density at radius 2 is 1.91 bits per heavy atom. The number of aromatic nitrogens is 2. The number of fused-ring (bicyclic) bond motifs is 4. The fourth-order valence-corrected chi connectivity index (χ4v) is 4.31. The third kappa shape index (κ3) is 2.03. The topological polar surface area (TPSA) is 40.7 Å². The van der Waals surface area contributed by atoms with Gasteiger partial charge in [-0.1, -0.05) is 18.2 Å². The van der Waals surface area contributed by atoms with E-state index in [0.717, 1.165) is 19.5 Å². The van der Waals surface area contributed by atoms with E-state index in [2.05, 4.69) is 34.6 Å². The van der Waals surface area contributed by atoms with E-state index in [4.69, 9.17) is 4.98 Å². The van der Waals surface area contributed by atoms with Gasteiger partial charge in [0.2, 0.25) is 0 Å². The summed E-state index contributed by atoms with van der Waals surface area (Å²) < 4.78 is 0. The molecule has 0 amide bonds. The second-order valence-corrected chi connectivity index (χ2v) is 6.74. The lowest BCUT2D eigenvalue weighted by Crippen LogP contribution is -2.24. The largest absolute Gasteiger partial charge is 0.358 e. The molecule has 3 heterocycles. The Labute approximate surface area is 136 Å². The molecule has 0 atom stereocenters. The minimum atomic E-state index is 0.977. The number of H-pyrrole nitrogens is 1. The van der Waals surface area contributed by atoms with Crippen LogP contribution in [0.1, 0.15) is 35.2 Å². The zero-order valence-corrected chi connectivity index (χ0v) is 13.3. The molecule has 5 rings (SSSR count). The van der Waals surface area contributed by atoms with E-state index in [1.54, 1.807) is 0 Å². The number of aryl methyl sites for hydroxylation is 2. The van der Waals surface area contributed by atoms with E-state index < -0.39 is 0 Å². The lowest BCUT2D eigenvalue weighted by molar-refractivity contribution is 0.644. The van der Waals surface area contributed by atoms with Crippen molar-refractivity contribution in [3.05, 3.63) is 52.8 Å². The van der Waals surface area contributed by atoms with Gasteiger partial charge in [0.1, 0.15) is 0 Å². The fraction of sp³-hybridized carbons (Fsp3) is 0.350. The van der Waals surface area contributed by atoms with E-state index in [9.17, 15) is 0 Å². The summed E-state index contributed by atoms with van der Waals surface area (Å²) in [6.45, 7) is 2.04. The highest BCUT2D eigenvalue weighted by molar-refractivity contribution is 5.97. The van der Waals surface area contributed by atoms with Crippen molar-refractivity contribution >= 4 is 10.9 Å². The van der Waals surface area contributed by atoms with E-state index in [1.165, 1.54) is 70.2 Å². The summed E-state index contributed by atoms with van der Waals surface area (Å²) in [5, 5.41) is 4.84. The van der Waals surface area contributed by atoms with Crippen molar-refractivity contribution in [2.75, 3.05) is 6.54 Å². The lowest BCUT2D eigenvalue weighted by Gasteiger charge is -2.21. The van der Waals surface area contributed by atoms with Crippen LogP contribution in [0.3, 0.4) is 0 Å². The maximum absolute atomic E-state index is 4.83. The molecular weight excluding hydrogens is 282 g/mol. The van der Waals surface area contributed by atoms with Gasteiger partial charge in [0.25, 0.3) is 0 Å². The highest BCUT2D eigenvalue weighted by atomic mass is 14.9. The Balaban J connectivity index is 1.80. The molecule has 3 aromatic rings. The van der Waals surface area contributed by atoms with Gasteiger partial charge in [-0.2, -0.15) is 0 Å². The zero-order chi connectivity index (χ0) is 15.2. The molecule has 0 saturated carbocycles. The van der Waals surface area contributed by atoms with Crippen LogP contribution < -0.4 is 5.32 Å². The van der Waals surface area contributed by atoms with Crippen molar-refractivity contribution in [1.29, 1.82) is 0 Å². The Morgan fingerprint density at radius 1 is 0.957 bits per heavy atom. The first-order chi connectivity index (χ1) is 11.4. The average Bonchev–Trinajstić information content (AvgIpc) is 3.00. The van der Waals surface area contributed by atoms with Gasteiger partial charge in [0, 0.05) is 34.9 Å². The summed E-state index contributed by atoms with van der Waals surface area (Å²) in [7, 11) is 0. The predicted molar refractivity (Wildman–Crippen MR) is 93.6 cm³/mol. The molecule has 0 radical (unpaired) electrons. The molecule has 0 unspecified atom stereocenters. The standard InChI is InChI=1S/C20H21N3/c1-2-7-17-16(5-1)19-18(23-17)9-11-22-20(19)15-6-3-4-13-12-21-10-8-14(13)15/h3-4,6,9,11,21,23H,1-2,5,7-8,10,12H2. The van der Waals surface area contributed by atoms with Gasteiger partial charge in [0.15, 0.2) is 0 Å². The Bertz CT molecular complexity index is 891. The molecular formula is C20H21N3.